The van der Waals surface area contributed by atoms with Gasteiger partial charge in [0.15, 0.2) is 6.10 Å². The van der Waals surface area contributed by atoms with E-state index in [0.29, 0.717) is 19.3 Å². The van der Waals surface area contributed by atoms with E-state index in [2.05, 4.69) is 20.8 Å². The molecule has 6 heteroatoms. The van der Waals surface area contributed by atoms with E-state index in [1.165, 1.54) is 154 Å². The molecule has 0 radical (unpaired) electrons. The van der Waals surface area contributed by atoms with Gasteiger partial charge in [-0.3, -0.25) is 14.4 Å². The number of carbonyl (C=O) groups excluding carboxylic acids is 3. The number of esters is 3. The van der Waals surface area contributed by atoms with Crippen LogP contribution in [0.2, 0.25) is 0 Å². The number of hydrogen-bond donors (Lipinski definition) is 0. The predicted molar refractivity (Wildman–Crippen MR) is 220 cm³/mol. The average Bonchev–Trinajstić information content (AvgIpc) is 3.14. The molecule has 0 spiro atoms. The van der Waals surface area contributed by atoms with Crippen LogP contribution in [0.15, 0.2) is 0 Å². The van der Waals surface area contributed by atoms with E-state index in [9.17, 15) is 14.4 Å². The van der Waals surface area contributed by atoms with Crippen molar-refractivity contribution in [2.24, 2.45) is 0 Å². The Kier molecular flexibility index (Phi) is 40.9. The molecule has 0 saturated heterocycles. The van der Waals surface area contributed by atoms with Gasteiger partial charge in [0, 0.05) is 19.3 Å². The maximum absolute atomic E-state index is 12.5. The van der Waals surface area contributed by atoms with Crippen LogP contribution in [-0.2, 0) is 28.6 Å². The zero-order valence-corrected chi connectivity index (χ0v) is 35.1. The topological polar surface area (TPSA) is 78.9 Å². The lowest BCUT2D eigenvalue weighted by atomic mass is 10.0. The monoisotopic (exact) mass is 737 g/mol. The Balaban J connectivity index is 4.05. The predicted octanol–water partition coefficient (Wildman–Crippen LogP) is 14.5. The molecular weight excluding hydrogens is 649 g/mol. The van der Waals surface area contributed by atoms with Crippen LogP contribution in [-0.4, -0.2) is 37.2 Å². The molecule has 0 aliphatic heterocycles. The number of ether oxygens (including phenoxy) is 3. The molecule has 0 heterocycles. The van der Waals surface area contributed by atoms with E-state index in [1.807, 2.05) is 0 Å². The molecule has 0 aliphatic carbocycles. The summed E-state index contributed by atoms with van der Waals surface area (Å²) in [5.74, 6) is -0.869. The maximum atomic E-state index is 12.5. The first-order valence-corrected chi connectivity index (χ1v) is 23.0. The van der Waals surface area contributed by atoms with Crippen LogP contribution in [0.4, 0.5) is 0 Å². The van der Waals surface area contributed by atoms with Crippen molar-refractivity contribution < 1.29 is 28.6 Å². The largest absolute Gasteiger partial charge is 0.462 e. The van der Waals surface area contributed by atoms with Crippen LogP contribution in [0.25, 0.3) is 0 Å². The highest BCUT2D eigenvalue weighted by Crippen LogP contribution is 2.16. The fourth-order valence-corrected chi connectivity index (χ4v) is 6.85. The fraction of sp³-hybridized carbons (Fsp3) is 0.935. The van der Waals surface area contributed by atoms with E-state index in [0.717, 1.165) is 64.2 Å². The Morgan fingerprint density at radius 1 is 0.308 bits per heavy atom. The summed E-state index contributed by atoms with van der Waals surface area (Å²) >= 11 is 0. The lowest BCUT2D eigenvalue weighted by Gasteiger charge is -2.18. The minimum Gasteiger partial charge on any atom is -0.462 e. The lowest BCUT2D eigenvalue weighted by Crippen LogP contribution is -2.30. The normalized spacial score (nSPS) is 11.8. The Bertz CT molecular complexity index is 768. The minimum absolute atomic E-state index is 0.0644. The summed E-state index contributed by atoms with van der Waals surface area (Å²) in [6, 6.07) is 0. The summed E-state index contributed by atoms with van der Waals surface area (Å²) in [7, 11) is 0. The third-order valence-corrected chi connectivity index (χ3v) is 10.4. The highest BCUT2D eigenvalue weighted by atomic mass is 16.6. The third-order valence-electron chi connectivity index (χ3n) is 10.4. The zero-order chi connectivity index (χ0) is 38.0. The molecule has 308 valence electrons. The van der Waals surface area contributed by atoms with E-state index in [-0.39, 0.29) is 31.1 Å². The molecule has 6 nitrogen and oxygen atoms in total. The van der Waals surface area contributed by atoms with Gasteiger partial charge in [-0.25, -0.2) is 0 Å². The second-order valence-electron chi connectivity index (χ2n) is 15.7. The van der Waals surface area contributed by atoms with Crippen LogP contribution in [0.1, 0.15) is 258 Å². The van der Waals surface area contributed by atoms with Crippen molar-refractivity contribution in [1.29, 1.82) is 0 Å². The van der Waals surface area contributed by atoms with Gasteiger partial charge in [0.25, 0.3) is 0 Å². The van der Waals surface area contributed by atoms with Crippen molar-refractivity contribution in [3.05, 3.63) is 0 Å². The molecule has 0 aromatic rings. The lowest BCUT2D eigenvalue weighted by molar-refractivity contribution is -0.167. The third kappa shape index (κ3) is 39.6. The first-order valence-electron chi connectivity index (χ1n) is 23.0. The van der Waals surface area contributed by atoms with E-state index in [4.69, 9.17) is 14.2 Å². The second-order valence-corrected chi connectivity index (χ2v) is 15.7. The first kappa shape index (κ1) is 50.4. The summed E-state index contributed by atoms with van der Waals surface area (Å²) in [6.07, 6.45) is 42.7. The molecule has 0 aromatic carbocycles. The SMILES string of the molecule is CCCCCCCCCCCCCCCCCCCCCC(=O)OC[C@H](COC(=O)CCCCCCCCCCCC)OC(=O)CCCCCCC. The van der Waals surface area contributed by atoms with Gasteiger partial charge in [-0.15, -0.1) is 0 Å². The molecule has 0 saturated carbocycles. The molecule has 1 atom stereocenters. The van der Waals surface area contributed by atoms with Crippen LogP contribution in [0.3, 0.4) is 0 Å². The van der Waals surface area contributed by atoms with E-state index in [1.54, 1.807) is 0 Å². The molecule has 0 bridgehead atoms. The van der Waals surface area contributed by atoms with E-state index >= 15 is 0 Å². The molecule has 0 rings (SSSR count). The van der Waals surface area contributed by atoms with Gasteiger partial charge in [0.05, 0.1) is 0 Å². The molecule has 0 aromatic heterocycles. The molecule has 0 amide bonds. The summed E-state index contributed by atoms with van der Waals surface area (Å²) in [6.45, 7) is 6.56. The minimum atomic E-state index is -0.756. The maximum Gasteiger partial charge on any atom is 0.306 e. The first-order chi connectivity index (χ1) is 25.5. The summed E-state index contributed by atoms with van der Waals surface area (Å²) in [5.41, 5.74) is 0. The van der Waals surface area contributed by atoms with Gasteiger partial charge in [-0.05, 0) is 19.3 Å². The standard InChI is InChI=1S/C46H88O6/c1-4-7-10-13-15-17-19-20-21-22-23-24-25-26-27-29-31-34-36-39-45(48)51-42-43(52-46(49)40-37-32-12-9-6-3)41-50-44(47)38-35-33-30-28-18-16-14-11-8-5-2/h43H,4-42H2,1-3H3/t43-/m0/s1. The van der Waals surface area contributed by atoms with Crippen LogP contribution < -0.4 is 0 Å². The Morgan fingerprint density at radius 3 is 0.769 bits per heavy atom. The van der Waals surface area contributed by atoms with Crippen molar-refractivity contribution in [1.82, 2.24) is 0 Å². The molecule has 52 heavy (non-hydrogen) atoms. The fourth-order valence-electron chi connectivity index (χ4n) is 6.85. The van der Waals surface area contributed by atoms with Crippen LogP contribution in [0, 0.1) is 0 Å². The zero-order valence-electron chi connectivity index (χ0n) is 35.1. The Morgan fingerprint density at radius 2 is 0.519 bits per heavy atom. The second kappa shape index (κ2) is 42.2. The number of hydrogen-bond acceptors (Lipinski definition) is 6. The van der Waals surface area contributed by atoms with Gasteiger partial charge in [0.1, 0.15) is 13.2 Å². The number of carbonyl (C=O) groups is 3. The number of unbranched alkanes of at least 4 members (excludes halogenated alkanes) is 31. The molecule has 0 aliphatic rings. The molecular formula is C46H88O6. The molecule has 0 fully saturated rings. The number of rotatable bonds is 42. The van der Waals surface area contributed by atoms with Gasteiger partial charge < -0.3 is 14.2 Å². The van der Waals surface area contributed by atoms with Gasteiger partial charge >= 0.3 is 17.9 Å². The highest BCUT2D eigenvalue weighted by Gasteiger charge is 2.19. The van der Waals surface area contributed by atoms with Gasteiger partial charge in [-0.2, -0.15) is 0 Å². The highest BCUT2D eigenvalue weighted by molar-refractivity contribution is 5.71. The smallest absolute Gasteiger partial charge is 0.306 e. The van der Waals surface area contributed by atoms with Crippen molar-refractivity contribution >= 4 is 17.9 Å². The van der Waals surface area contributed by atoms with E-state index < -0.39 is 6.10 Å². The average molecular weight is 737 g/mol. The van der Waals surface area contributed by atoms with Crippen LogP contribution >= 0.6 is 0 Å². The van der Waals surface area contributed by atoms with Crippen molar-refractivity contribution in [2.75, 3.05) is 13.2 Å². The molecule has 0 N–H and O–H groups in total. The van der Waals surface area contributed by atoms with Gasteiger partial charge in [0.2, 0.25) is 0 Å². The quantitative estimate of drug-likeness (QED) is 0.0353. The van der Waals surface area contributed by atoms with Crippen LogP contribution in [0.5, 0.6) is 0 Å². The van der Waals surface area contributed by atoms with Crippen molar-refractivity contribution in [3.63, 3.8) is 0 Å². The summed E-state index contributed by atoms with van der Waals surface area (Å²) in [4.78, 5) is 37.4. The summed E-state index contributed by atoms with van der Waals surface area (Å²) < 4.78 is 16.6. The van der Waals surface area contributed by atoms with Crippen molar-refractivity contribution in [2.45, 2.75) is 264 Å². The van der Waals surface area contributed by atoms with Crippen molar-refractivity contribution in [3.8, 4) is 0 Å². The van der Waals surface area contributed by atoms with Gasteiger partial charge in [-0.1, -0.05) is 220 Å². The summed E-state index contributed by atoms with van der Waals surface area (Å²) in [5, 5.41) is 0. The Labute approximate surface area is 323 Å². The molecule has 0 unspecified atom stereocenters. The Hall–Kier alpha value is -1.59.